The number of carbonyl (C=O) groups excluding carboxylic acids is 1. The molecule has 1 rings (SSSR count). The molecule has 0 saturated carbocycles. The van der Waals surface area contributed by atoms with Crippen LogP contribution in [0.5, 0.6) is 5.75 Å². The molecule has 0 unspecified atom stereocenters. The van der Waals surface area contributed by atoms with Gasteiger partial charge in [-0.15, -0.1) is 0 Å². The lowest BCUT2D eigenvalue weighted by atomic mass is 10.1. The zero-order valence-corrected chi connectivity index (χ0v) is 7.32. The Morgan fingerprint density at radius 2 is 2.23 bits per heavy atom. The lowest BCUT2D eigenvalue weighted by Crippen LogP contribution is -2.05. The number of rotatable bonds is 2. The number of primary amides is 1. The molecule has 1 aromatic carbocycles. The van der Waals surface area contributed by atoms with Gasteiger partial charge in [0.1, 0.15) is 5.75 Å². The summed E-state index contributed by atoms with van der Waals surface area (Å²) in [4.78, 5) is 10.4. The highest BCUT2D eigenvalue weighted by Gasteiger charge is 1.96. The Morgan fingerprint density at radius 1 is 1.54 bits per heavy atom. The van der Waals surface area contributed by atoms with Crippen LogP contribution in [0.3, 0.4) is 0 Å². The number of benzene rings is 1. The highest BCUT2D eigenvalue weighted by molar-refractivity contribution is 5.90. The van der Waals surface area contributed by atoms with Crippen LogP contribution in [-0.2, 0) is 4.79 Å². The number of aryl methyl sites for hydroxylation is 1. The van der Waals surface area contributed by atoms with Crippen LogP contribution in [0.25, 0.3) is 6.08 Å². The molecule has 1 aromatic rings. The van der Waals surface area contributed by atoms with Crippen molar-refractivity contribution in [2.45, 2.75) is 6.92 Å². The molecular weight excluding hydrogens is 166 g/mol. The van der Waals surface area contributed by atoms with Crippen LogP contribution in [0, 0.1) is 6.92 Å². The van der Waals surface area contributed by atoms with Gasteiger partial charge in [-0.2, -0.15) is 0 Å². The van der Waals surface area contributed by atoms with E-state index in [0.29, 0.717) is 5.56 Å². The summed E-state index contributed by atoms with van der Waals surface area (Å²) in [5.41, 5.74) is 6.47. The first-order valence-electron chi connectivity index (χ1n) is 3.87. The van der Waals surface area contributed by atoms with E-state index in [9.17, 15) is 9.90 Å². The van der Waals surface area contributed by atoms with Crippen LogP contribution >= 0.6 is 0 Å². The number of nitrogens with two attached hydrogens (primary N) is 1. The van der Waals surface area contributed by atoms with Gasteiger partial charge in [0.25, 0.3) is 0 Å². The van der Waals surface area contributed by atoms with Crippen molar-refractivity contribution in [1.29, 1.82) is 0 Å². The van der Waals surface area contributed by atoms with Gasteiger partial charge in [-0.05, 0) is 24.6 Å². The normalized spacial score (nSPS) is 10.5. The number of phenolic OH excluding ortho intramolecular Hbond substituents is 1. The van der Waals surface area contributed by atoms with E-state index in [1.807, 2.05) is 13.0 Å². The second-order valence-electron chi connectivity index (χ2n) is 2.80. The second-order valence-corrected chi connectivity index (χ2v) is 2.80. The van der Waals surface area contributed by atoms with Gasteiger partial charge in [0.2, 0.25) is 5.91 Å². The Bertz CT molecular complexity index is 356. The summed E-state index contributed by atoms with van der Waals surface area (Å²) < 4.78 is 0. The molecule has 0 spiro atoms. The molecule has 3 nitrogen and oxygen atoms in total. The van der Waals surface area contributed by atoms with Crippen molar-refractivity contribution < 1.29 is 9.90 Å². The average molecular weight is 177 g/mol. The van der Waals surface area contributed by atoms with E-state index in [2.05, 4.69) is 0 Å². The van der Waals surface area contributed by atoms with E-state index < -0.39 is 5.91 Å². The minimum absolute atomic E-state index is 0.150. The summed E-state index contributed by atoms with van der Waals surface area (Å²) in [7, 11) is 0. The fraction of sp³-hybridized carbons (Fsp3) is 0.100. The highest BCUT2D eigenvalue weighted by atomic mass is 16.3. The molecule has 0 saturated heterocycles. The predicted octanol–water partition coefficient (Wildman–Crippen LogP) is 1.20. The molecule has 0 heterocycles. The molecule has 13 heavy (non-hydrogen) atoms. The minimum Gasteiger partial charge on any atom is -0.507 e. The fourth-order valence-corrected chi connectivity index (χ4v) is 0.967. The van der Waals surface area contributed by atoms with Crippen molar-refractivity contribution in [1.82, 2.24) is 0 Å². The molecule has 0 fully saturated rings. The fourth-order valence-electron chi connectivity index (χ4n) is 0.967. The molecule has 0 atom stereocenters. The summed E-state index contributed by atoms with van der Waals surface area (Å²) in [6, 6.07) is 5.20. The molecule has 68 valence electrons. The monoisotopic (exact) mass is 177 g/mol. The maximum Gasteiger partial charge on any atom is 0.241 e. The maximum atomic E-state index is 10.4. The molecular formula is C10H11NO2. The number of hydrogen-bond donors (Lipinski definition) is 2. The summed E-state index contributed by atoms with van der Waals surface area (Å²) in [6.45, 7) is 1.88. The zero-order chi connectivity index (χ0) is 9.84. The van der Waals surface area contributed by atoms with Gasteiger partial charge in [0.05, 0.1) is 0 Å². The number of aromatic hydroxyl groups is 1. The Labute approximate surface area is 76.5 Å². The van der Waals surface area contributed by atoms with Crippen molar-refractivity contribution >= 4 is 12.0 Å². The third kappa shape index (κ3) is 2.63. The molecule has 0 aliphatic rings. The van der Waals surface area contributed by atoms with Crippen molar-refractivity contribution in [2.75, 3.05) is 0 Å². The van der Waals surface area contributed by atoms with Crippen LogP contribution in [0.2, 0.25) is 0 Å². The van der Waals surface area contributed by atoms with Crippen LogP contribution in [0.4, 0.5) is 0 Å². The number of amides is 1. The second kappa shape index (κ2) is 3.76. The third-order valence-corrected chi connectivity index (χ3v) is 1.61. The molecule has 1 amide bonds. The molecule has 0 aliphatic heterocycles. The van der Waals surface area contributed by atoms with Gasteiger partial charge in [0.15, 0.2) is 0 Å². The first-order chi connectivity index (χ1) is 6.09. The van der Waals surface area contributed by atoms with E-state index >= 15 is 0 Å². The highest BCUT2D eigenvalue weighted by Crippen LogP contribution is 2.19. The van der Waals surface area contributed by atoms with Crippen LogP contribution in [0.1, 0.15) is 11.1 Å². The average Bonchev–Trinajstić information content (AvgIpc) is 2.02. The van der Waals surface area contributed by atoms with Gasteiger partial charge in [-0.1, -0.05) is 12.1 Å². The smallest absolute Gasteiger partial charge is 0.241 e. The minimum atomic E-state index is -0.528. The van der Waals surface area contributed by atoms with Crippen molar-refractivity contribution in [3.8, 4) is 5.75 Å². The zero-order valence-electron chi connectivity index (χ0n) is 7.32. The van der Waals surface area contributed by atoms with Crippen LogP contribution < -0.4 is 5.73 Å². The summed E-state index contributed by atoms with van der Waals surface area (Å²) in [5.74, 6) is -0.377. The van der Waals surface area contributed by atoms with Crippen LogP contribution in [-0.4, -0.2) is 11.0 Å². The van der Waals surface area contributed by atoms with Gasteiger partial charge in [-0.25, -0.2) is 0 Å². The van der Waals surface area contributed by atoms with Gasteiger partial charge >= 0.3 is 0 Å². The van der Waals surface area contributed by atoms with E-state index in [1.54, 1.807) is 12.1 Å². The molecule has 0 bridgehead atoms. The summed E-state index contributed by atoms with van der Waals surface area (Å²) >= 11 is 0. The first kappa shape index (κ1) is 9.32. The van der Waals surface area contributed by atoms with Crippen LogP contribution in [0.15, 0.2) is 24.3 Å². The molecule has 0 radical (unpaired) electrons. The lowest BCUT2D eigenvalue weighted by Gasteiger charge is -1.99. The van der Waals surface area contributed by atoms with E-state index in [0.717, 1.165) is 5.56 Å². The quantitative estimate of drug-likeness (QED) is 0.666. The van der Waals surface area contributed by atoms with Gasteiger partial charge in [-0.3, -0.25) is 4.79 Å². The van der Waals surface area contributed by atoms with Crippen molar-refractivity contribution in [3.63, 3.8) is 0 Å². The third-order valence-electron chi connectivity index (χ3n) is 1.61. The van der Waals surface area contributed by atoms with Crippen molar-refractivity contribution in [2.24, 2.45) is 5.73 Å². The Morgan fingerprint density at radius 3 is 2.77 bits per heavy atom. The Balaban J connectivity index is 2.96. The first-order valence-corrected chi connectivity index (χ1v) is 3.87. The number of phenols is 1. The number of carbonyl (C=O) groups is 1. The van der Waals surface area contributed by atoms with E-state index in [1.165, 1.54) is 12.2 Å². The maximum absolute atomic E-state index is 10.4. The largest absolute Gasteiger partial charge is 0.507 e. The predicted molar refractivity (Wildman–Crippen MR) is 51.1 cm³/mol. The van der Waals surface area contributed by atoms with E-state index in [4.69, 9.17) is 5.73 Å². The molecule has 0 aliphatic carbocycles. The molecule has 3 N–H and O–H groups in total. The number of hydrogen-bond acceptors (Lipinski definition) is 2. The lowest BCUT2D eigenvalue weighted by molar-refractivity contribution is -0.113. The molecule has 0 aromatic heterocycles. The van der Waals surface area contributed by atoms with Gasteiger partial charge in [0, 0.05) is 11.6 Å². The standard InChI is InChI=1S/C10H11NO2/c1-7-2-3-8(9(12)6-7)4-5-10(11)13/h2-6,12H,1H3,(H2,11,13). The topological polar surface area (TPSA) is 63.3 Å². The van der Waals surface area contributed by atoms with Gasteiger partial charge < -0.3 is 10.8 Å². The summed E-state index contributed by atoms with van der Waals surface area (Å²) in [5, 5.41) is 9.40. The summed E-state index contributed by atoms with van der Waals surface area (Å²) in [6.07, 6.45) is 2.70. The Hall–Kier alpha value is -1.77. The SMILES string of the molecule is Cc1ccc(C=CC(N)=O)c(O)c1. The van der Waals surface area contributed by atoms with Crippen molar-refractivity contribution in [3.05, 3.63) is 35.4 Å². The molecule has 3 heteroatoms. The Kier molecular flexibility index (Phi) is 2.69. The van der Waals surface area contributed by atoms with E-state index in [-0.39, 0.29) is 5.75 Å².